The molecule has 4 nitrogen and oxygen atoms in total. The van der Waals surface area contributed by atoms with Gasteiger partial charge in [-0.15, -0.1) is 0 Å². The van der Waals surface area contributed by atoms with Gasteiger partial charge in [0, 0.05) is 34.6 Å². The van der Waals surface area contributed by atoms with E-state index in [2.05, 4.69) is 90.4 Å². The Balaban J connectivity index is 1.47. The van der Waals surface area contributed by atoms with Gasteiger partial charge in [-0.3, -0.25) is 4.79 Å². The van der Waals surface area contributed by atoms with E-state index in [9.17, 15) is 4.79 Å². The zero-order valence-corrected chi connectivity index (χ0v) is 22.4. The molecule has 2 atom stereocenters. The van der Waals surface area contributed by atoms with Gasteiger partial charge in [0.1, 0.15) is 0 Å². The third-order valence-corrected chi connectivity index (χ3v) is 9.26. The van der Waals surface area contributed by atoms with Crippen molar-refractivity contribution < 1.29 is 4.79 Å². The molecule has 0 radical (unpaired) electrons. The summed E-state index contributed by atoms with van der Waals surface area (Å²) in [5, 5.41) is 1.33. The summed E-state index contributed by atoms with van der Waals surface area (Å²) in [5.74, 6) is 0.611. The highest BCUT2D eigenvalue weighted by molar-refractivity contribution is 5.86. The number of nitrogens with one attached hydrogen (secondary N) is 1. The molecule has 192 valence electrons. The molecule has 3 aromatic rings. The maximum Gasteiger partial charge on any atom is 0.226 e. The SMILES string of the molecule is CCC(CCC1c2[nH]c3ccccc3c2CCN1C(=O)C1CCCCC1)(Cc1ccccc1)N(C)C. The van der Waals surface area contributed by atoms with Crippen LogP contribution in [0.3, 0.4) is 0 Å². The summed E-state index contributed by atoms with van der Waals surface area (Å²) in [6.07, 6.45) is 10.9. The molecule has 2 aromatic carbocycles. The molecule has 1 amide bonds. The normalized spacial score (nSPS) is 20.4. The number of nitrogens with zero attached hydrogens (tertiary/aromatic N) is 2. The molecule has 1 N–H and O–H groups in total. The number of hydrogen-bond acceptors (Lipinski definition) is 2. The monoisotopic (exact) mass is 485 g/mol. The van der Waals surface area contributed by atoms with Gasteiger partial charge >= 0.3 is 0 Å². The summed E-state index contributed by atoms with van der Waals surface area (Å²) in [5.41, 5.74) is 5.37. The van der Waals surface area contributed by atoms with E-state index in [0.717, 1.165) is 51.5 Å². The van der Waals surface area contributed by atoms with Crippen LogP contribution in [0.1, 0.15) is 81.2 Å². The standard InChI is InChI=1S/C32H43N3O/c1-4-32(34(2)3,23-24-13-7-5-8-14-24)21-19-29-30-27(26-17-11-12-18-28(26)33-30)20-22-35(29)31(36)25-15-9-6-10-16-25/h5,7-8,11-14,17-18,25,29,33H,4,6,9-10,15-16,19-23H2,1-3H3. The van der Waals surface area contributed by atoms with Gasteiger partial charge in [-0.1, -0.05) is 74.7 Å². The van der Waals surface area contributed by atoms with Gasteiger partial charge in [0.25, 0.3) is 0 Å². The van der Waals surface area contributed by atoms with Gasteiger partial charge in [0.15, 0.2) is 0 Å². The Morgan fingerprint density at radius 2 is 1.75 bits per heavy atom. The van der Waals surface area contributed by atoms with Crippen molar-refractivity contribution in [2.45, 2.75) is 82.7 Å². The van der Waals surface area contributed by atoms with Gasteiger partial charge in [-0.05, 0) is 76.2 Å². The Bertz CT molecular complexity index is 1160. The number of likely N-dealkylation sites (N-methyl/N-ethyl adjacent to an activating group) is 1. The van der Waals surface area contributed by atoms with Crippen LogP contribution < -0.4 is 0 Å². The van der Waals surface area contributed by atoms with Crippen LogP contribution in [0.2, 0.25) is 0 Å². The number of carbonyl (C=O) groups is 1. The summed E-state index contributed by atoms with van der Waals surface area (Å²) in [7, 11) is 4.46. The van der Waals surface area contributed by atoms with E-state index in [1.54, 1.807) is 0 Å². The molecule has 2 unspecified atom stereocenters. The Morgan fingerprint density at radius 3 is 2.47 bits per heavy atom. The zero-order valence-electron chi connectivity index (χ0n) is 22.4. The average molecular weight is 486 g/mol. The first-order chi connectivity index (χ1) is 17.5. The van der Waals surface area contributed by atoms with Crippen LogP contribution in [-0.2, 0) is 17.6 Å². The first-order valence-electron chi connectivity index (χ1n) is 14.1. The van der Waals surface area contributed by atoms with E-state index in [0.29, 0.717) is 5.91 Å². The van der Waals surface area contributed by atoms with Crippen molar-refractivity contribution >= 4 is 16.8 Å². The Kier molecular flexibility index (Phi) is 7.52. The highest BCUT2D eigenvalue weighted by atomic mass is 16.2. The van der Waals surface area contributed by atoms with Gasteiger partial charge in [-0.25, -0.2) is 0 Å². The van der Waals surface area contributed by atoms with Crippen molar-refractivity contribution in [2.75, 3.05) is 20.6 Å². The summed E-state index contributed by atoms with van der Waals surface area (Å²) < 4.78 is 0. The fourth-order valence-electron chi connectivity index (χ4n) is 6.94. The van der Waals surface area contributed by atoms with Gasteiger partial charge in [-0.2, -0.15) is 0 Å². The van der Waals surface area contributed by atoms with E-state index in [1.807, 2.05) is 0 Å². The number of hydrogen-bond donors (Lipinski definition) is 1. The maximum atomic E-state index is 13.9. The molecule has 1 saturated carbocycles. The third-order valence-electron chi connectivity index (χ3n) is 9.26. The van der Waals surface area contributed by atoms with Crippen LogP contribution in [0.15, 0.2) is 54.6 Å². The lowest BCUT2D eigenvalue weighted by Gasteiger charge is -2.43. The fourth-order valence-corrected chi connectivity index (χ4v) is 6.94. The van der Waals surface area contributed by atoms with E-state index < -0.39 is 0 Å². The third kappa shape index (κ3) is 4.85. The molecule has 1 fully saturated rings. The highest BCUT2D eigenvalue weighted by Gasteiger charge is 2.39. The summed E-state index contributed by atoms with van der Waals surface area (Å²) in [6, 6.07) is 19.7. The fraction of sp³-hybridized carbons (Fsp3) is 0.531. The van der Waals surface area contributed by atoms with Crippen molar-refractivity contribution in [1.29, 1.82) is 0 Å². The lowest BCUT2D eigenvalue weighted by atomic mass is 9.80. The summed E-state index contributed by atoms with van der Waals surface area (Å²) >= 11 is 0. The summed E-state index contributed by atoms with van der Waals surface area (Å²) in [4.78, 5) is 22.4. The molecule has 4 heteroatoms. The first-order valence-corrected chi connectivity index (χ1v) is 14.1. The van der Waals surface area contributed by atoms with E-state index in [1.165, 1.54) is 47.0 Å². The second-order valence-electron chi connectivity index (χ2n) is 11.4. The maximum absolute atomic E-state index is 13.9. The van der Waals surface area contributed by atoms with Crippen molar-refractivity contribution in [2.24, 2.45) is 5.92 Å². The van der Waals surface area contributed by atoms with E-state index in [4.69, 9.17) is 0 Å². The van der Waals surface area contributed by atoms with E-state index >= 15 is 0 Å². The molecule has 1 aromatic heterocycles. The number of amides is 1. The second-order valence-corrected chi connectivity index (χ2v) is 11.4. The van der Waals surface area contributed by atoms with Gasteiger partial charge in [0.2, 0.25) is 5.91 Å². The highest BCUT2D eigenvalue weighted by Crippen LogP contribution is 2.41. The lowest BCUT2D eigenvalue weighted by molar-refractivity contribution is -0.140. The van der Waals surface area contributed by atoms with Crippen molar-refractivity contribution in [3.05, 3.63) is 71.4 Å². The van der Waals surface area contributed by atoms with E-state index in [-0.39, 0.29) is 17.5 Å². The molecular weight excluding hydrogens is 442 g/mol. The predicted molar refractivity (Wildman–Crippen MR) is 149 cm³/mol. The Morgan fingerprint density at radius 1 is 1.03 bits per heavy atom. The minimum absolute atomic E-state index is 0.0601. The number of benzene rings is 2. The molecule has 1 aliphatic carbocycles. The Labute approximate surface area is 217 Å². The number of H-pyrrole nitrogens is 1. The van der Waals surface area contributed by atoms with Crippen LogP contribution >= 0.6 is 0 Å². The molecule has 2 aliphatic rings. The Hall–Kier alpha value is -2.59. The summed E-state index contributed by atoms with van der Waals surface area (Å²) in [6.45, 7) is 3.16. The lowest BCUT2D eigenvalue weighted by Crippen LogP contribution is -2.48. The predicted octanol–water partition coefficient (Wildman–Crippen LogP) is 6.91. The van der Waals surface area contributed by atoms with Crippen molar-refractivity contribution in [3.8, 4) is 0 Å². The zero-order chi connectivity index (χ0) is 25.1. The molecule has 0 bridgehead atoms. The first kappa shape index (κ1) is 25.1. The number of aromatic amines is 1. The van der Waals surface area contributed by atoms with Crippen LogP contribution in [0.4, 0.5) is 0 Å². The largest absolute Gasteiger partial charge is 0.356 e. The average Bonchev–Trinajstić information content (AvgIpc) is 3.30. The smallest absolute Gasteiger partial charge is 0.226 e. The molecule has 2 heterocycles. The molecular formula is C32H43N3O. The van der Waals surface area contributed by atoms with Crippen LogP contribution in [0.5, 0.6) is 0 Å². The van der Waals surface area contributed by atoms with Gasteiger partial charge < -0.3 is 14.8 Å². The van der Waals surface area contributed by atoms with Gasteiger partial charge in [0.05, 0.1) is 6.04 Å². The number of aromatic nitrogens is 1. The minimum atomic E-state index is 0.0601. The number of carbonyl (C=O) groups excluding carboxylic acids is 1. The molecule has 5 rings (SSSR count). The number of rotatable bonds is 8. The van der Waals surface area contributed by atoms with Crippen LogP contribution in [0, 0.1) is 5.92 Å². The minimum Gasteiger partial charge on any atom is -0.356 e. The topological polar surface area (TPSA) is 39.3 Å². The number of fused-ring (bicyclic) bond motifs is 3. The molecule has 1 aliphatic heterocycles. The quantitative estimate of drug-likeness (QED) is 0.377. The second kappa shape index (κ2) is 10.8. The molecule has 36 heavy (non-hydrogen) atoms. The van der Waals surface area contributed by atoms with Crippen molar-refractivity contribution in [3.63, 3.8) is 0 Å². The molecule has 0 saturated heterocycles. The van der Waals surface area contributed by atoms with Crippen LogP contribution in [-0.4, -0.2) is 46.9 Å². The van der Waals surface area contributed by atoms with Crippen LogP contribution in [0.25, 0.3) is 10.9 Å². The molecule has 0 spiro atoms. The van der Waals surface area contributed by atoms with Crippen molar-refractivity contribution in [1.82, 2.24) is 14.8 Å². The number of para-hydroxylation sites is 1.